The molecule has 1 aromatic carbocycles. The lowest BCUT2D eigenvalue weighted by Crippen LogP contribution is -2.11. The summed E-state index contributed by atoms with van der Waals surface area (Å²) in [5, 5.41) is 2.68. The van der Waals surface area contributed by atoms with E-state index in [9.17, 15) is 4.79 Å². The molecule has 0 aliphatic carbocycles. The van der Waals surface area contributed by atoms with E-state index in [2.05, 4.69) is 74.0 Å². The van der Waals surface area contributed by atoms with E-state index in [0.717, 1.165) is 17.2 Å². The minimum absolute atomic E-state index is 0.150. The van der Waals surface area contributed by atoms with Gasteiger partial charge in [0.05, 0.1) is 0 Å². The van der Waals surface area contributed by atoms with Crippen molar-refractivity contribution < 1.29 is 0 Å². The molecule has 0 radical (unpaired) electrons. The van der Waals surface area contributed by atoms with E-state index in [-0.39, 0.29) is 11.0 Å². The van der Waals surface area contributed by atoms with E-state index in [4.69, 9.17) is 0 Å². The number of benzene rings is 1. The average molecular weight is 369 g/mol. The van der Waals surface area contributed by atoms with Crippen LogP contribution in [0.25, 0.3) is 5.65 Å². The fourth-order valence-electron chi connectivity index (χ4n) is 2.84. The topological polar surface area (TPSA) is 63.0 Å². The molecule has 0 saturated heterocycles. The summed E-state index contributed by atoms with van der Waals surface area (Å²) in [6.07, 6.45) is 4.73. The molecule has 0 fully saturated rings. The van der Waals surface area contributed by atoms with Gasteiger partial charge in [-0.05, 0) is 23.5 Å². The molecule has 146 valence electrons. The molecule has 0 aliphatic rings. The van der Waals surface area contributed by atoms with E-state index >= 15 is 0 Å². The zero-order valence-corrected chi connectivity index (χ0v) is 17.5. The van der Waals surface area contributed by atoms with Crippen molar-refractivity contribution in [2.24, 2.45) is 0 Å². The second-order valence-electron chi connectivity index (χ2n) is 7.98. The predicted molar refractivity (Wildman–Crippen MR) is 111 cm³/mol. The van der Waals surface area contributed by atoms with Crippen LogP contribution in [0, 0.1) is 6.92 Å². The van der Waals surface area contributed by atoms with Gasteiger partial charge in [0.15, 0.2) is 5.65 Å². The number of hydrogen-bond donors (Lipinski definition) is 1. The number of aryl methyl sites for hydroxylation is 1. The van der Waals surface area contributed by atoms with Crippen LogP contribution >= 0.6 is 0 Å². The highest BCUT2D eigenvalue weighted by Gasteiger charge is 2.13. The number of aromatic nitrogens is 4. The minimum Gasteiger partial charge on any atom is -0.268 e. The molecule has 0 aliphatic heterocycles. The number of nitrogens with zero attached hydrogens (tertiary/aromatic N) is 3. The van der Waals surface area contributed by atoms with Crippen LogP contribution in [0.1, 0.15) is 76.7 Å². The van der Waals surface area contributed by atoms with Gasteiger partial charge in [0, 0.05) is 12.5 Å². The zero-order chi connectivity index (χ0) is 20.0. The first-order valence-electron chi connectivity index (χ1n) is 9.79. The maximum Gasteiger partial charge on any atom is 0.266 e. The smallest absolute Gasteiger partial charge is 0.266 e. The number of fused-ring (bicyclic) bond motifs is 1. The quantitative estimate of drug-likeness (QED) is 0.719. The Morgan fingerprint density at radius 2 is 1.67 bits per heavy atom. The van der Waals surface area contributed by atoms with Gasteiger partial charge in [-0.1, -0.05) is 78.1 Å². The first-order valence-corrected chi connectivity index (χ1v) is 9.79. The lowest BCUT2D eigenvalue weighted by Gasteiger charge is -2.19. The van der Waals surface area contributed by atoms with Crippen LogP contribution in [-0.4, -0.2) is 19.6 Å². The average Bonchev–Trinajstić information content (AvgIpc) is 2.97. The van der Waals surface area contributed by atoms with Crippen LogP contribution in [0.3, 0.4) is 0 Å². The van der Waals surface area contributed by atoms with Crippen molar-refractivity contribution in [3.05, 3.63) is 63.5 Å². The van der Waals surface area contributed by atoms with E-state index in [1.165, 1.54) is 30.9 Å². The van der Waals surface area contributed by atoms with Gasteiger partial charge >= 0.3 is 0 Å². The summed E-state index contributed by atoms with van der Waals surface area (Å²) in [5.74, 6) is 1.45. The largest absolute Gasteiger partial charge is 0.268 e. The Hall–Kier alpha value is -2.43. The molecule has 3 aromatic rings. The van der Waals surface area contributed by atoms with E-state index in [1.807, 2.05) is 6.92 Å². The summed E-state index contributed by atoms with van der Waals surface area (Å²) >= 11 is 0. The third-order valence-electron chi connectivity index (χ3n) is 4.46. The van der Waals surface area contributed by atoms with Gasteiger partial charge in [-0.3, -0.25) is 9.89 Å². The van der Waals surface area contributed by atoms with E-state index in [1.54, 1.807) is 4.52 Å². The molecule has 27 heavy (non-hydrogen) atoms. The number of aromatic amines is 1. The fourth-order valence-corrected chi connectivity index (χ4v) is 2.84. The third-order valence-corrected chi connectivity index (χ3v) is 4.46. The van der Waals surface area contributed by atoms with Crippen molar-refractivity contribution in [1.82, 2.24) is 19.6 Å². The standard InChI is InChI=1S/C17H20N4O.C5H12/c1-11-18-14(19-15-10-16(22)20-21(11)15)9-12-5-7-13(8-6-12)17(2,3)4;1-3-5-4-2/h5-8,10H,9H2,1-4H3,(H,20,22);3-5H2,1-2H3. The molecule has 5 nitrogen and oxygen atoms in total. The molecule has 0 amide bonds. The molecule has 0 atom stereocenters. The summed E-state index contributed by atoms with van der Waals surface area (Å²) in [6, 6.07) is 10.0. The Morgan fingerprint density at radius 3 is 2.19 bits per heavy atom. The Balaban J connectivity index is 0.000000465. The molecule has 0 unspecified atom stereocenters. The number of H-pyrrole nitrogens is 1. The Bertz CT molecular complexity index is 912. The Morgan fingerprint density at radius 1 is 1.04 bits per heavy atom. The zero-order valence-electron chi connectivity index (χ0n) is 17.5. The summed E-state index contributed by atoms with van der Waals surface area (Å²) in [4.78, 5) is 20.3. The first kappa shape index (κ1) is 20.9. The highest BCUT2D eigenvalue weighted by molar-refractivity contribution is 5.37. The number of nitrogens with one attached hydrogen (secondary N) is 1. The summed E-state index contributed by atoms with van der Waals surface area (Å²) in [7, 11) is 0. The Kier molecular flexibility index (Phi) is 6.94. The van der Waals surface area contributed by atoms with Crippen molar-refractivity contribution in [2.45, 2.75) is 72.6 Å². The molecule has 3 rings (SSSR count). The first-order chi connectivity index (χ1) is 12.7. The number of rotatable bonds is 4. The van der Waals surface area contributed by atoms with Crippen molar-refractivity contribution >= 4 is 5.65 Å². The fraction of sp³-hybridized carbons (Fsp3) is 0.500. The highest BCUT2D eigenvalue weighted by Crippen LogP contribution is 2.22. The highest BCUT2D eigenvalue weighted by atomic mass is 16.1. The number of unbranched alkanes of at least 4 members (excludes halogenated alkanes) is 2. The van der Waals surface area contributed by atoms with Crippen molar-refractivity contribution in [1.29, 1.82) is 0 Å². The van der Waals surface area contributed by atoms with Crippen LogP contribution in [0.2, 0.25) is 0 Å². The molecule has 0 saturated carbocycles. The molecule has 0 bridgehead atoms. The van der Waals surface area contributed by atoms with Gasteiger partial charge in [0.2, 0.25) is 0 Å². The lowest BCUT2D eigenvalue weighted by atomic mass is 9.86. The second kappa shape index (κ2) is 8.98. The number of hydrogen-bond acceptors (Lipinski definition) is 3. The van der Waals surface area contributed by atoms with Crippen molar-refractivity contribution in [2.75, 3.05) is 0 Å². The third kappa shape index (κ3) is 5.78. The molecule has 5 heteroatoms. The van der Waals surface area contributed by atoms with E-state index < -0.39 is 0 Å². The van der Waals surface area contributed by atoms with Crippen LogP contribution in [0.15, 0.2) is 35.1 Å². The maximum atomic E-state index is 11.4. The maximum absolute atomic E-state index is 11.4. The minimum atomic E-state index is -0.163. The van der Waals surface area contributed by atoms with Gasteiger partial charge < -0.3 is 0 Å². The Labute approximate surface area is 161 Å². The molecular formula is C22H32N4O. The monoisotopic (exact) mass is 368 g/mol. The van der Waals surface area contributed by atoms with Crippen molar-refractivity contribution in [3.63, 3.8) is 0 Å². The van der Waals surface area contributed by atoms with Crippen molar-refractivity contribution in [3.8, 4) is 0 Å². The lowest BCUT2D eigenvalue weighted by molar-refractivity contribution is 0.590. The van der Waals surface area contributed by atoms with Gasteiger partial charge in [0.25, 0.3) is 5.56 Å². The van der Waals surface area contributed by atoms with Gasteiger partial charge in [-0.15, -0.1) is 0 Å². The van der Waals surface area contributed by atoms with Gasteiger partial charge in [0.1, 0.15) is 11.6 Å². The summed E-state index contributed by atoms with van der Waals surface area (Å²) in [5.41, 5.74) is 3.06. The predicted octanol–water partition coefficient (Wildman–Crippen LogP) is 4.81. The summed E-state index contributed by atoms with van der Waals surface area (Å²) in [6.45, 7) is 12.9. The van der Waals surface area contributed by atoms with Gasteiger partial charge in [-0.25, -0.2) is 14.5 Å². The van der Waals surface area contributed by atoms with Crippen LogP contribution < -0.4 is 5.56 Å². The summed E-state index contributed by atoms with van der Waals surface area (Å²) < 4.78 is 1.61. The van der Waals surface area contributed by atoms with Crippen LogP contribution in [0.5, 0.6) is 0 Å². The SMILES string of the molecule is CCCCC.Cc1nc(Cc2ccc(C(C)(C)C)cc2)nc2cc(=O)[nH]n12. The van der Waals surface area contributed by atoms with Crippen LogP contribution in [-0.2, 0) is 11.8 Å². The second-order valence-corrected chi connectivity index (χ2v) is 7.98. The molecule has 0 spiro atoms. The van der Waals surface area contributed by atoms with E-state index in [0.29, 0.717) is 12.1 Å². The van der Waals surface area contributed by atoms with Crippen LogP contribution in [0.4, 0.5) is 0 Å². The molecule has 2 heterocycles. The molecular weight excluding hydrogens is 336 g/mol. The normalized spacial score (nSPS) is 11.3. The molecule has 2 aromatic heterocycles. The van der Waals surface area contributed by atoms with Gasteiger partial charge in [-0.2, -0.15) is 0 Å². The molecule has 1 N–H and O–H groups in total.